The summed E-state index contributed by atoms with van der Waals surface area (Å²) in [5, 5.41) is 4.04. The summed E-state index contributed by atoms with van der Waals surface area (Å²) < 4.78 is 10.4. The lowest BCUT2D eigenvalue weighted by molar-refractivity contribution is 0.291. The first-order valence-corrected chi connectivity index (χ1v) is 6.30. The van der Waals surface area contributed by atoms with E-state index in [4.69, 9.17) is 9.26 Å². The molecule has 1 aliphatic carbocycles. The number of ether oxygens (including phenoxy) is 1. The van der Waals surface area contributed by atoms with Gasteiger partial charge in [-0.3, -0.25) is 0 Å². The molecule has 0 aliphatic heterocycles. The Morgan fingerprint density at radius 3 is 2.67 bits per heavy atom. The first-order chi connectivity index (χ1) is 8.85. The molecular weight excluding hydrogens is 228 g/mol. The van der Waals surface area contributed by atoms with Gasteiger partial charge in [0.15, 0.2) is 5.82 Å². The van der Waals surface area contributed by atoms with Gasteiger partial charge in [0.25, 0.3) is 0 Å². The third kappa shape index (κ3) is 2.23. The third-order valence-corrected chi connectivity index (χ3v) is 3.46. The number of aromatic nitrogens is 2. The first-order valence-electron chi connectivity index (χ1n) is 6.30. The molecule has 0 saturated heterocycles. The molecule has 2 aromatic rings. The van der Waals surface area contributed by atoms with E-state index >= 15 is 0 Å². The molecule has 0 N–H and O–H groups in total. The molecule has 94 valence electrons. The highest BCUT2D eigenvalue weighted by molar-refractivity contribution is 5.28. The van der Waals surface area contributed by atoms with E-state index in [9.17, 15) is 0 Å². The molecule has 1 saturated carbocycles. The second-order valence-corrected chi connectivity index (χ2v) is 4.70. The predicted molar refractivity (Wildman–Crippen MR) is 66.7 cm³/mol. The van der Waals surface area contributed by atoms with Crippen molar-refractivity contribution in [2.75, 3.05) is 7.11 Å². The lowest BCUT2D eigenvalue weighted by Crippen LogP contribution is -2.08. The zero-order valence-electron chi connectivity index (χ0n) is 10.4. The summed E-state index contributed by atoms with van der Waals surface area (Å²) in [6.45, 7) is 0. The van der Waals surface area contributed by atoms with Crippen LogP contribution in [0.15, 0.2) is 28.8 Å². The molecule has 1 aromatic carbocycles. The molecule has 1 aliphatic rings. The van der Waals surface area contributed by atoms with E-state index in [0.717, 1.165) is 23.0 Å². The van der Waals surface area contributed by atoms with Crippen molar-refractivity contribution in [2.45, 2.75) is 31.6 Å². The van der Waals surface area contributed by atoms with Gasteiger partial charge in [0.1, 0.15) is 5.75 Å². The SMILES string of the molecule is COc1ccc(Cc2noc(C3CCC3)n2)cc1. The lowest BCUT2D eigenvalue weighted by atomic mass is 9.85. The van der Waals surface area contributed by atoms with Crippen LogP contribution < -0.4 is 4.74 Å². The van der Waals surface area contributed by atoms with Gasteiger partial charge in [-0.25, -0.2) is 0 Å². The monoisotopic (exact) mass is 244 g/mol. The number of hydrogen-bond donors (Lipinski definition) is 0. The van der Waals surface area contributed by atoms with Crippen LogP contribution in [-0.2, 0) is 6.42 Å². The Balaban J connectivity index is 1.69. The molecule has 0 amide bonds. The van der Waals surface area contributed by atoms with E-state index in [2.05, 4.69) is 10.1 Å². The van der Waals surface area contributed by atoms with Crippen LogP contribution in [0.4, 0.5) is 0 Å². The minimum absolute atomic E-state index is 0.502. The fraction of sp³-hybridized carbons (Fsp3) is 0.429. The highest BCUT2D eigenvalue weighted by Gasteiger charge is 2.25. The summed E-state index contributed by atoms with van der Waals surface area (Å²) in [5.74, 6) is 2.94. The third-order valence-electron chi connectivity index (χ3n) is 3.46. The van der Waals surface area contributed by atoms with Gasteiger partial charge in [0.05, 0.1) is 7.11 Å². The summed E-state index contributed by atoms with van der Waals surface area (Å²) >= 11 is 0. The predicted octanol–water partition coefficient (Wildman–Crippen LogP) is 2.94. The van der Waals surface area contributed by atoms with Crippen LogP contribution >= 0.6 is 0 Å². The number of methoxy groups -OCH3 is 1. The lowest BCUT2D eigenvalue weighted by Gasteiger charge is -2.20. The maximum Gasteiger partial charge on any atom is 0.229 e. The number of hydrogen-bond acceptors (Lipinski definition) is 4. The smallest absolute Gasteiger partial charge is 0.229 e. The van der Waals surface area contributed by atoms with Gasteiger partial charge >= 0.3 is 0 Å². The van der Waals surface area contributed by atoms with Crippen molar-refractivity contribution < 1.29 is 9.26 Å². The fourth-order valence-corrected chi connectivity index (χ4v) is 2.09. The topological polar surface area (TPSA) is 48.2 Å². The maximum atomic E-state index is 5.30. The Labute approximate surface area is 106 Å². The van der Waals surface area contributed by atoms with E-state index in [1.54, 1.807) is 7.11 Å². The second kappa shape index (κ2) is 4.80. The van der Waals surface area contributed by atoms with E-state index in [0.29, 0.717) is 12.3 Å². The summed E-state index contributed by atoms with van der Waals surface area (Å²) in [5.41, 5.74) is 1.16. The summed E-state index contributed by atoms with van der Waals surface area (Å²) in [4.78, 5) is 4.46. The van der Waals surface area contributed by atoms with Crippen LogP contribution in [0.3, 0.4) is 0 Å². The number of benzene rings is 1. The molecule has 4 nitrogen and oxygen atoms in total. The van der Waals surface area contributed by atoms with Crippen molar-refractivity contribution in [3.05, 3.63) is 41.5 Å². The van der Waals surface area contributed by atoms with Gasteiger partial charge in [-0.05, 0) is 30.5 Å². The summed E-state index contributed by atoms with van der Waals surface area (Å²) in [6.07, 6.45) is 4.36. The van der Waals surface area contributed by atoms with E-state index < -0.39 is 0 Å². The van der Waals surface area contributed by atoms with Crippen molar-refractivity contribution in [1.82, 2.24) is 10.1 Å². The number of rotatable bonds is 4. The molecule has 0 atom stereocenters. The number of nitrogens with zero attached hydrogens (tertiary/aromatic N) is 2. The van der Waals surface area contributed by atoms with Crippen LogP contribution in [-0.4, -0.2) is 17.3 Å². The van der Waals surface area contributed by atoms with Crippen LogP contribution in [0.5, 0.6) is 5.75 Å². The van der Waals surface area contributed by atoms with E-state index in [1.807, 2.05) is 24.3 Å². The summed E-state index contributed by atoms with van der Waals surface area (Å²) in [6, 6.07) is 7.95. The van der Waals surface area contributed by atoms with Gasteiger partial charge in [0.2, 0.25) is 5.89 Å². The Morgan fingerprint density at radius 1 is 1.28 bits per heavy atom. The highest BCUT2D eigenvalue weighted by atomic mass is 16.5. The van der Waals surface area contributed by atoms with Crippen molar-refractivity contribution in [3.63, 3.8) is 0 Å². The Morgan fingerprint density at radius 2 is 2.06 bits per heavy atom. The fourth-order valence-electron chi connectivity index (χ4n) is 2.09. The van der Waals surface area contributed by atoms with Gasteiger partial charge in [0, 0.05) is 12.3 Å². The van der Waals surface area contributed by atoms with Crippen molar-refractivity contribution in [3.8, 4) is 5.75 Å². The van der Waals surface area contributed by atoms with Crippen molar-refractivity contribution >= 4 is 0 Å². The zero-order valence-corrected chi connectivity index (χ0v) is 10.4. The Bertz CT molecular complexity index is 515. The average molecular weight is 244 g/mol. The van der Waals surface area contributed by atoms with Gasteiger partial charge in [-0.15, -0.1) is 0 Å². The molecule has 1 heterocycles. The Kier molecular flexibility index (Phi) is 3.00. The van der Waals surface area contributed by atoms with Gasteiger partial charge in [-0.2, -0.15) is 4.98 Å². The second-order valence-electron chi connectivity index (χ2n) is 4.70. The first kappa shape index (κ1) is 11.3. The normalized spacial score (nSPS) is 15.4. The van der Waals surface area contributed by atoms with E-state index in [-0.39, 0.29) is 0 Å². The molecule has 18 heavy (non-hydrogen) atoms. The Hall–Kier alpha value is -1.84. The molecule has 0 spiro atoms. The van der Waals surface area contributed by atoms with Crippen LogP contribution in [0.25, 0.3) is 0 Å². The van der Waals surface area contributed by atoms with Crippen molar-refractivity contribution in [2.24, 2.45) is 0 Å². The molecule has 4 heteroatoms. The minimum Gasteiger partial charge on any atom is -0.497 e. The molecular formula is C14H16N2O2. The molecule has 0 unspecified atom stereocenters. The van der Waals surface area contributed by atoms with Gasteiger partial charge in [-0.1, -0.05) is 23.7 Å². The molecule has 1 aromatic heterocycles. The average Bonchev–Trinajstić information content (AvgIpc) is 2.76. The maximum absolute atomic E-state index is 5.30. The molecule has 1 fully saturated rings. The van der Waals surface area contributed by atoms with Crippen LogP contribution in [0, 0.1) is 0 Å². The quantitative estimate of drug-likeness (QED) is 0.829. The zero-order chi connectivity index (χ0) is 12.4. The van der Waals surface area contributed by atoms with Crippen LogP contribution in [0.1, 0.15) is 42.5 Å². The van der Waals surface area contributed by atoms with E-state index in [1.165, 1.54) is 19.3 Å². The van der Waals surface area contributed by atoms with Gasteiger partial charge < -0.3 is 9.26 Å². The molecule has 3 rings (SSSR count). The summed E-state index contributed by atoms with van der Waals surface area (Å²) in [7, 11) is 1.67. The molecule has 0 bridgehead atoms. The largest absolute Gasteiger partial charge is 0.497 e. The molecule has 0 radical (unpaired) electrons. The van der Waals surface area contributed by atoms with Crippen molar-refractivity contribution in [1.29, 1.82) is 0 Å². The van der Waals surface area contributed by atoms with Crippen LogP contribution in [0.2, 0.25) is 0 Å². The standard InChI is InChI=1S/C14H16N2O2/c1-17-12-7-5-10(6-8-12)9-13-15-14(18-16-13)11-3-2-4-11/h5-8,11H,2-4,9H2,1H3. The highest BCUT2D eigenvalue weighted by Crippen LogP contribution is 2.35. The minimum atomic E-state index is 0.502.